The van der Waals surface area contributed by atoms with Crippen LogP contribution in [0.3, 0.4) is 0 Å². The first-order valence-corrected chi connectivity index (χ1v) is 10.1. The Morgan fingerprint density at radius 2 is 1.74 bits per heavy atom. The van der Waals surface area contributed by atoms with E-state index in [1.807, 2.05) is 51.0 Å². The maximum atomic E-state index is 12.5. The van der Waals surface area contributed by atoms with Crippen LogP contribution >= 0.6 is 0 Å². The third-order valence-electron chi connectivity index (χ3n) is 4.90. The monoisotopic (exact) mass is 424 g/mol. The van der Waals surface area contributed by atoms with E-state index in [2.05, 4.69) is 4.98 Å². The number of H-pyrrole nitrogens is 1. The number of esters is 2. The lowest BCUT2D eigenvalue weighted by molar-refractivity contribution is -0.133. The molecule has 1 atom stereocenters. The molecular weight excluding hydrogens is 396 g/mol. The first-order valence-electron chi connectivity index (χ1n) is 10.1. The van der Waals surface area contributed by atoms with E-state index in [4.69, 9.17) is 14.2 Å². The number of aromatic nitrogens is 1. The van der Waals surface area contributed by atoms with E-state index in [0.29, 0.717) is 17.9 Å². The minimum Gasteiger partial charge on any atom is -0.497 e. The van der Waals surface area contributed by atoms with Crippen molar-refractivity contribution < 1.29 is 23.8 Å². The molecule has 0 amide bonds. The molecule has 1 unspecified atom stereocenters. The number of nitrogens with zero attached hydrogens (tertiary/aromatic N) is 1. The Morgan fingerprint density at radius 1 is 1.06 bits per heavy atom. The number of hydrogen-bond donors (Lipinski definition) is 1. The van der Waals surface area contributed by atoms with Crippen LogP contribution < -0.4 is 9.47 Å². The summed E-state index contributed by atoms with van der Waals surface area (Å²) in [5, 5.41) is 0.929. The fraction of sp³-hybridized carbons (Fsp3) is 0.333. The summed E-state index contributed by atoms with van der Waals surface area (Å²) >= 11 is 0. The number of hydrogen-bond acceptors (Lipinski definition) is 6. The van der Waals surface area contributed by atoms with Crippen LogP contribution in [-0.2, 0) is 16.0 Å². The van der Waals surface area contributed by atoms with Crippen molar-refractivity contribution in [1.82, 2.24) is 9.88 Å². The lowest BCUT2D eigenvalue weighted by atomic mass is 10.1. The summed E-state index contributed by atoms with van der Waals surface area (Å²) in [6.45, 7) is 4.41. The Bertz CT molecular complexity index is 1070. The molecule has 1 aromatic heterocycles. The molecule has 0 saturated heterocycles. The van der Waals surface area contributed by atoms with Crippen LogP contribution in [0.25, 0.3) is 10.9 Å². The average molecular weight is 424 g/mol. The standard InChI is InChI=1S/C24H28N2O5/c1-15(14-26(3)4)30-24(28)17-6-8-18(9-7-17)31-23(27)13-20-16(2)25-22-11-10-19(29-5)12-21(20)22/h6-12,15,25H,13-14H2,1-5H3. The van der Waals surface area contributed by atoms with Gasteiger partial charge in [0, 0.05) is 23.1 Å². The van der Waals surface area contributed by atoms with Crippen LogP contribution in [0.15, 0.2) is 42.5 Å². The zero-order chi connectivity index (χ0) is 22.5. The second-order valence-corrected chi connectivity index (χ2v) is 7.79. The number of aromatic amines is 1. The van der Waals surface area contributed by atoms with E-state index < -0.39 is 5.97 Å². The molecule has 1 heterocycles. The number of likely N-dealkylation sites (N-methyl/N-ethyl adjacent to an activating group) is 1. The van der Waals surface area contributed by atoms with Gasteiger partial charge in [0.1, 0.15) is 17.6 Å². The van der Waals surface area contributed by atoms with Crippen LogP contribution in [0.1, 0.15) is 28.5 Å². The Hall–Kier alpha value is -3.32. The summed E-state index contributed by atoms with van der Waals surface area (Å²) in [4.78, 5) is 30.0. The predicted molar refractivity (Wildman–Crippen MR) is 119 cm³/mol. The molecule has 164 valence electrons. The van der Waals surface area contributed by atoms with Crippen LogP contribution in [0, 0.1) is 6.92 Å². The Kier molecular flexibility index (Phi) is 6.97. The Labute approximate surface area is 181 Å². The van der Waals surface area contributed by atoms with Gasteiger partial charge in [0.25, 0.3) is 0 Å². The van der Waals surface area contributed by atoms with Crippen molar-refractivity contribution in [2.45, 2.75) is 26.4 Å². The number of carbonyl (C=O) groups excluding carboxylic acids is 2. The molecule has 0 aliphatic carbocycles. The summed E-state index contributed by atoms with van der Waals surface area (Å²) in [7, 11) is 5.44. The normalized spacial score (nSPS) is 12.1. The van der Waals surface area contributed by atoms with Crippen molar-refractivity contribution in [1.29, 1.82) is 0 Å². The number of rotatable bonds is 8. The highest BCUT2D eigenvalue weighted by atomic mass is 16.5. The van der Waals surface area contributed by atoms with Crippen LogP contribution in [0.2, 0.25) is 0 Å². The zero-order valence-electron chi connectivity index (χ0n) is 18.5. The first kappa shape index (κ1) is 22.4. The van der Waals surface area contributed by atoms with Gasteiger partial charge in [0.2, 0.25) is 0 Å². The average Bonchev–Trinajstić information content (AvgIpc) is 3.02. The largest absolute Gasteiger partial charge is 0.497 e. The van der Waals surface area contributed by atoms with Gasteiger partial charge in [-0.3, -0.25) is 4.79 Å². The van der Waals surface area contributed by atoms with Crippen molar-refractivity contribution in [2.75, 3.05) is 27.7 Å². The van der Waals surface area contributed by atoms with E-state index >= 15 is 0 Å². The lowest BCUT2D eigenvalue weighted by Crippen LogP contribution is -2.28. The van der Waals surface area contributed by atoms with Crippen LogP contribution in [0.5, 0.6) is 11.5 Å². The fourth-order valence-electron chi connectivity index (χ4n) is 3.49. The molecular formula is C24H28N2O5. The maximum absolute atomic E-state index is 12.5. The maximum Gasteiger partial charge on any atom is 0.338 e. The van der Waals surface area contributed by atoms with Crippen LogP contribution in [-0.4, -0.2) is 55.7 Å². The quantitative estimate of drug-likeness (QED) is 0.438. The molecule has 0 aliphatic heterocycles. The second-order valence-electron chi connectivity index (χ2n) is 7.79. The van der Waals surface area contributed by atoms with Crippen molar-refractivity contribution in [3.05, 3.63) is 59.3 Å². The third-order valence-corrected chi connectivity index (χ3v) is 4.90. The summed E-state index contributed by atoms with van der Waals surface area (Å²) in [5.41, 5.74) is 3.12. The summed E-state index contributed by atoms with van der Waals surface area (Å²) < 4.78 is 16.2. The number of benzene rings is 2. The smallest absolute Gasteiger partial charge is 0.338 e. The molecule has 7 nitrogen and oxygen atoms in total. The number of methoxy groups -OCH3 is 1. The summed E-state index contributed by atoms with van der Waals surface area (Å²) in [6, 6.07) is 12.1. The van der Waals surface area contributed by atoms with Gasteiger partial charge in [-0.05, 0) is 76.0 Å². The van der Waals surface area contributed by atoms with Gasteiger partial charge in [-0.1, -0.05) is 0 Å². The molecule has 3 rings (SSSR count). The number of aryl methyl sites for hydroxylation is 1. The number of fused-ring (bicyclic) bond motifs is 1. The molecule has 0 fully saturated rings. The highest BCUT2D eigenvalue weighted by Crippen LogP contribution is 2.27. The molecule has 0 saturated carbocycles. The molecule has 1 N–H and O–H groups in total. The van der Waals surface area contributed by atoms with Crippen molar-refractivity contribution in [3.8, 4) is 11.5 Å². The number of ether oxygens (including phenoxy) is 3. The predicted octanol–water partition coefficient (Wildman–Crippen LogP) is 3.74. The van der Waals surface area contributed by atoms with Gasteiger partial charge in [-0.2, -0.15) is 0 Å². The molecule has 0 bridgehead atoms. The van der Waals surface area contributed by atoms with E-state index in [1.165, 1.54) is 0 Å². The number of carbonyl (C=O) groups is 2. The molecule has 0 spiro atoms. The fourth-order valence-corrected chi connectivity index (χ4v) is 3.49. The molecule has 31 heavy (non-hydrogen) atoms. The van der Waals surface area contributed by atoms with E-state index in [9.17, 15) is 9.59 Å². The zero-order valence-corrected chi connectivity index (χ0v) is 18.5. The SMILES string of the molecule is COc1ccc2[nH]c(C)c(CC(=O)Oc3ccc(C(=O)OC(C)CN(C)C)cc3)c2c1. The second kappa shape index (κ2) is 9.66. The first-order chi connectivity index (χ1) is 14.8. The van der Waals surface area contributed by atoms with Crippen LogP contribution in [0.4, 0.5) is 0 Å². The van der Waals surface area contributed by atoms with Gasteiger partial charge in [0.15, 0.2) is 0 Å². The van der Waals surface area contributed by atoms with Crippen molar-refractivity contribution in [3.63, 3.8) is 0 Å². The summed E-state index contributed by atoms with van der Waals surface area (Å²) in [6.07, 6.45) is -0.108. The van der Waals surface area contributed by atoms with Gasteiger partial charge in [0.05, 0.1) is 19.1 Å². The highest BCUT2D eigenvalue weighted by molar-refractivity contribution is 5.91. The molecule has 0 radical (unpaired) electrons. The minimum atomic E-state index is -0.407. The highest BCUT2D eigenvalue weighted by Gasteiger charge is 2.16. The summed E-state index contributed by atoms with van der Waals surface area (Å²) in [5.74, 6) is 0.304. The van der Waals surface area contributed by atoms with E-state index in [0.717, 1.165) is 27.9 Å². The van der Waals surface area contributed by atoms with Crippen molar-refractivity contribution >= 4 is 22.8 Å². The number of nitrogens with one attached hydrogen (secondary N) is 1. The minimum absolute atomic E-state index is 0.116. The van der Waals surface area contributed by atoms with Gasteiger partial charge < -0.3 is 24.1 Å². The molecule has 0 aliphatic rings. The molecule has 2 aromatic carbocycles. The third kappa shape index (κ3) is 5.64. The van der Waals surface area contributed by atoms with E-state index in [1.54, 1.807) is 31.4 Å². The molecule has 7 heteroatoms. The van der Waals surface area contributed by atoms with E-state index in [-0.39, 0.29) is 18.5 Å². The van der Waals surface area contributed by atoms with Crippen molar-refractivity contribution in [2.24, 2.45) is 0 Å². The lowest BCUT2D eigenvalue weighted by Gasteiger charge is -2.17. The van der Waals surface area contributed by atoms with Gasteiger partial charge in [-0.15, -0.1) is 0 Å². The molecule has 3 aromatic rings. The topological polar surface area (TPSA) is 80.9 Å². The van der Waals surface area contributed by atoms with Gasteiger partial charge >= 0.3 is 11.9 Å². The Balaban J connectivity index is 1.64. The van der Waals surface area contributed by atoms with Gasteiger partial charge in [-0.25, -0.2) is 4.79 Å². The Morgan fingerprint density at radius 3 is 2.39 bits per heavy atom.